The third-order valence-corrected chi connectivity index (χ3v) is 7.18. The molecule has 1 saturated heterocycles. The van der Waals surface area contributed by atoms with Crippen molar-refractivity contribution in [3.8, 4) is 5.75 Å². The molecule has 9 heteroatoms. The molecule has 186 valence electrons. The van der Waals surface area contributed by atoms with Crippen LogP contribution in [0.15, 0.2) is 53.3 Å². The summed E-state index contributed by atoms with van der Waals surface area (Å²) >= 11 is 0. The van der Waals surface area contributed by atoms with Crippen molar-refractivity contribution in [2.24, 2.45) is 0 Å². The second-order valence-corrected chi connectivity index (χ2v) is 9.48. The number of fused-ring (bicyclic) bond motifs is 2. The maximum atomic E-state index is 13.5. The van der Waals surface area contributed by atoms with E-state index >= 15 is 0 Å². The number of hydrogen-bond acceptors (Lipinski definition) is 7. The molecule has 4 heterocycles. The molecule has 2 aliphatic rings. The van der Waals surface area contributed by atoms with E-state index in [0.29, 0.717) is 31.1 Å². The quantitative estimate of drug-likeness (QED) is 0.428. The lowest BCUT2D eigenvalue weighted by Crippen LogP contribution is -2.39. The highest BCUT2D eigenvalue weighted by Gasteiger charge is 2.33. The van der Waals surface area contributed by atoms with Crippen LogP contribution >= 0.6 is 0 Å². The predicted octanol–water partition coefficient (Wildman–Crippen LogP) is 3.24. The van der Waals surface area contributed by atoms with Gasteiger partial charge in [-0.3, -0.25) is 9.69 Å². The van der Waals surface area contributed by atoms with Gasteiger partial charge in [-0.2, -0.15) is 0 Å². The van der Waals surface area contributed by atoms with Gasteiger partial charge in [0.2, 0.25) is 0 Å². The zero-order valence-corrected chi connectivity index (χ0v) is 20.4. The molecule has 0 spiro atoms. The lowest BCUT2D eigenvalue weighted by Gasteiger charge is -2.35. The van der Waals surface area contributed by atoms with E-state index in [1.165, 1.54) is 11.1 Å². The summed E-state index contributed by atoms with van der Waals surface area (Å²) in [5, 5.41) is 13.7. The van der Waals surface area contributed by atoms with Crippen LogP contribution in [0, 0.1) is 0 Å². The summed E-state index contributed by atoms with van der Waals surface area (Å²) in [5.74, 6) is 1.44. The Labute approximate surface area is 209 Å². The van der Waals surface area contributed by atoms with Crippen molar-refractivity contribution < 1.29 is 9.47 Å². The van der Waals surface area contributed by atoms with Gasteiger partial charge in [-0.05, 0) is 72.0 Å². The molecular weight excluding hydrogens is 456 g/mol. The second-order valence-electron chi connectivity index (χ2n) is 9.48. The van der Waals surface area contributed by atoms with Gasteiger partial charge in [-0.15, -0.1) is 5.10 Å². The minimum atomic E-state index is -0.404. The van der Waals surface area contributed by atoms with Gasteiger partial charge in [0.25, 0.3) is 5.56 Å². The van der Waals surface area contributed by atoms with Crippen molar-refractivity contribution >= 4 is 10.9 Å². The number of H-pyrrole nitrogens is 1. The van der Waals surface area contributed by atoms with Crippen molar-refractivity contribution in [3.63, 3.8) is 0 Å². The van der Waals surface area contributed by atoms with Gasteiger partial charge in [-0.25, -0.2) is 4.68 Å². The first-order chi connectivity index (χ1) is 17.7. The number of ether oxygens (including phenoxy) is 2. The van der Waals surface area contributed by atoms with Gasteiger partial charge in [-0.1, -0.05) is 24.3 Å². The molecule has 0 aliphatic carbocycles. The zero-order valence-electron chi connectivity index (χ0n) is 20.4. The molecule has 1 N–H and O–H groups in total. The smallest absolute Gasteiger partial charge is 0.253 e. The molecule has 0 amide bonds. The van der Waals surface area contributed by atoms with Gasteiger partial charge >= 0.3 is 0 Å². The summed E-state index contributed by atoms with van der Waals surface area (Å²) in [5.41, 5.74) is 3.87. The highest BCUT2D eigenvalue weighted by Crippen LogP contribution is 2.32. The number of benzene rings is 2. The first-order valence-corrected chi connectivity index (χ1v) is 12.7. The number of pyridine rings is 1. The summed E-state index contributed by atoms with van der Waals surface area (Å²) in [4.78, 5) is 18.9. The molecule has 36 heavy (non-hydrogen) atoms. The van der Waals surface area contributed by atoms with E-state index in [4.69, 9.17) is 9.47 Å². The fourth-order valence-electron chi connectivity index (χ4n) is 5.42. The van der Waals surface area contributed by atoms with E-state index in [-0.39, 0.29) is 11.7 Å². The first kappa shape index (κ1) is 22.9. The van der Waals surface area contributed by atoms with E-state index in [1.54, 1.807) is 0 Å². The van der Waals surface area contributed by atoms with E-state index in [2.05, 4.69) is 49.7 Å². The van der Waals surface area contributed by atoms with E-state index in [9.17, 15) is 4.79 Å². The molecule has 0 saturated carbocycles. The van der Waals surface area contributed by atoms with Crippen LogP contribution in [0.5, 0.6) is 5.75 Å². The van der Waals surface area contributed by atoms with Crippen molar-refractivity contribution in [1.82, 2.24) is 30.1 Å². The average Bonchev–Trinajstić information content (AvgIpc) is 3.58. The molecule has 9 nitrogen and oxygen atoms in total. The van der Waals surface area contributed by atoms with Crippen LogP contribution < -0.4 is 10.3 Å². The largest absolute Gasteiger partial charge is 0.494 e. The second kappa shape index (κ2) is 9.83. The molecule has 0 unspecified atom stereocenters. The molecule has 2 atom stereocenters. The third kappa shape index (κ3) is 4.40. The van der Waals surface area contributed by atoms with E-state index < -0.39 is 6.04 Å². The summed E-state index contributed by atoms with van der Waals surface area (Å²) in [7, 11) is 0. The molecule has 4 aromatic rings. The van der Waals surface area contributed by atoms with Gasteiger partial charge in [0.1, 0.15) is 11.8 Å². The lowest BCUT2D eigenvalue weighted by atomic mass is 9.96. The predicted molar refractivity (Wildman–Crippen MR) is 135 cm³/mol. The Morgan fingerprint density at radius 3 is 2.92 bits per heavy atom. The van der Waals surface area contributed by atoms with Crippen molar-refractivity contribution in [2.75, 3.05) is 19.8 Å². The van der Waals surface area contributed by atoms with Crippen LogP contribution in [0.4, 0.5) is 0 Å². The van der Waals surface area contributed by atoms with E-state index in [1.807, 2.05) is 35.9 Å². The maximum absolute atomic E-state index is 13.5. The average molecular weight is 487 g/mol. The molecule has 6 rings (SSSR count). The Hall–Kier alpha value is -3.56. The highest BCUT2D eigenvalue weighted by molar-refractivity contribution is 5.80. The topological polar surface area (TPSA) is 98.2 Å². The molecule has 2 aliphatic heterocycles. The van der Waals surface area contributed by atoms with Crippen LogP contribution in [-0.2, 0) is 24.2 Å². The fourth-order valence-corrected chi connectivity index (χ4v) is 5.42. The highest BCUT2D eigenvalue weighted by atomic mass is 16.5. The Morgan fingerprint density at radius 2 is 2.08 bits per heavy atom. The Balaban J connectivity index is 1.45. The number of nitrogens with one attached hydrogen (secondary N) is 1. The van der Waals surface area contributed by atoms with Gasteiger partial charge in [0.15, 0.2) is 5.82 Å². The number of rotatable bonds is 7. The summed E-state index contributed by atoms with van der Waals surface area (Å²) in [6.07, 6.45) is 3.01. The normalized spacial score (nSPS) is 18.9. The lowest BCUT2D eigenvalue weighted by molar-refractivity contribution is 0.0904. The number of aromatic nitrogens is 5. The molecule has 1 fully saturated rings. The summed E-state index contributed by atoms with van der Waals surface area (Å²) in [6.45, 7) is 5.38. The van der Waals surface area contributed by atoms with Gasteiger partial charge < -0.3 is 14.5 Å². The Morgan fingerprint density at radius 1 is 1.19 bits per heavy atom. The van der Waals surface area contributed by atoms with Crippen LogP contribution in [0.3, 0.4) is 0 Å². The van der Waals surface area contributed by atoms with Crippen molar-refractivity contribution in [3.05, 3.63) is 81.4 Å². The SMILES string of the molecule is CCOc1ccc2[nH]c(=O)c([C@H](c3nnnn3C[C@H]3CCCO3)N3CCc4ccccc4C3)cc2c1. The summed E-state index contributed by atoms with van der Waals surface area (Å²) < 4.78 is 13.4. The standard InChI is InChI=1S/C27H30N6O3/c1-2-35-21-9-10-24-20(14-21)15-23(27(34)28-24)25(32-12-11-18-6-3-4-7-19(18)16-32)26-29-30-31-33(26)17-22-8-5-13-36-22/h3-4,6-7,9-10,14-15,22,25H,2,5,8,11-13,16-17H2,1H3,(H,28,34)/t22-,25-/m1/s1. The molecule has 2 aromatic carbocycles. The molecule has 2 aromatic heterocycles. The number of nitrogens with zero attached hydrogens (tertiary/aromatic N) is 5. The number of hydrogen-bond donors (Lipinski definition) is 1. The third-order valence-electron chi connectivity index (χ3n) is 7.18. The molecule has 0 bridgehead atoms. The van der Waals surface area contributed by atoms with Crippen molar-refractivity contribution in [1.29, 1.82) is 0 Å². The monoisotopic (exact) mass is 486 g/mol. The van der Waals surface area contributed by atoms with Gasteiger partial charge in [0, 0.05) is 36.2 Å². The van der Waals surface area contributed by atoms with Crippen molar-refractivity contribution in [2.45, 2.75) is 51.4 Å². The number of aromatic amines is 1. The Kier molecular flexibility index (Phi) is 6.25. The van der Waals surface area contributed by atoms with Crippen LogP contribution in [0.1, 0.15) is 48.3 Å². The van der Waals surface area contributed by atoms with E-state index in [0.717, 1.165) is 49.1 Å². The minimum Gasteiger partial charge on any atom is -0.494 e. The molecular formula is C27H30N6O3. The number of tetrazole rings is 1. The first-order valence-electron chi connectivity index (χ1n) is 12.7. The molecule has 0 radical (unpaired) electrons. The summed E-state index contributed by atoms with van der Waals surface area (Å²) in [6, 6.07) is 15.8. The van der Waals surface area contributed by atoms with Crippen LogP contribution in [-0.4, -0.2) is 56.0 Å². The fraction of sp³-hybridized carbons (Fsp3) is 0.407. The minimum absolute atomic E-state index is 0.0821. The van der Waals surface area contributed by atoms with Gasteiger partial charge in [0.05, 0.1) is 19.3 Å². The van der Waals surface area contributed by atoms with Crippen LogP contribution in [0.2, 0.25) is 0 Å². The zero-order chi connectivity index (χ0) is 24.5. The maximum Gasteiger partial charge on any atom is 0.253 e. The van der Waals surface area contributed by atoms with Crippen LogP contribution in [0.25, 0.3) is 10.9 Å². The Bertz CT molecular complexity index is 1420.